The molecule has 2 aromatic rings. The molecule has 1 N–H and O–H groups in total. The van der Waals surface area contributed by atoms with Crippen molar-refractivity contribution in [3.05, 3.63) is 47.1 Å². The highest BCUT2D eigenvalue weighted by molar-refractivity contribution is 5.66. The molecule has 2 rings (SSSR count). The van der Waals surface area contributed by atoms with Crippen LogP contribution < -0.4 is 0 Å². The van der Waals surface area contributed by atoms with E-state index in [1.807, 2.05) is 0 Å². The number of benzene rings is 1. The van der Waals surface area contributed by atoms with Gasteiger partial charge in [0.25, 0.3) is 0 Å². The molecule has 7 heteroatoms. The van der Waals surface area contributed by atoms with Gasteiger partial charge in [-0.15, -0.1) is 0 Å². The molecule has 0 fully saturated rings. The molecule has 0 saturated heterocycles. The van der Waals surface area contributed by atoms with Crippen molar-refractivity contribution in [2.24, 2.45) is 5.92 Å². The maximum atomic E-state index is 13.1. The average Bonchev–Trinajstić information content (AvgIpc) is 2.73. The van der Waals surface area contributed by atoms with E-state index in [2.05, 4.69) is 10.1 Å². The molecular weight excluding hydrogens is 282 g/mol. The average molecular weight is 296 g/mol. The molecule has 1 heterocycles. The van der Waals surface area contributed by atoms with Crippen molar-refractivity contribution in [2.75, 3.05) is 0 Å². The van der Waals surface area contributed by atoms with Crippen molar-refractivity contribution < 1.29 is 23.2 Å². The first-order chi connectivity index (χ1) is 9.92. The highest BCUT2D eigenvalue weighted by Gasteiger charge is 2.14. The van der Waals surface area contributed by atoms with Crippen molar-refractivity contribution in [3.63, 3.8) is 0 Å². The first-order valence-corrected chi connectivity index (χ1v) is 6.40. The first-order valence-electron chi connectivity index (χ1n) is 6.40. The molecule has 0 spiro atoms. The summed E-state index contributed by atoms with van der Waals surface area (Å²) in [7, 11) is 0. The SMILES string of the molecule is CC(CC(=O)O)Cc1nc(Cc2cc(F)cc(F)c2)no1. The van der Waals surface area contributed by atoms with Gasteiger partial charge in [0.2, 0.25) is 5.89 Å². The lowest BCUT2D eigenvalue weighted by Crippen LogP contribution is -2.07. The highest BCUT2D eigenvalue weighted by Crippen LogP contribution is 2.14. The van der Waals surface area contributed by atoms with Gasteiger partial charge in [-0.05, 0) is 23.6 Å². The van der Waals surface area contributed by atoms with Crippen LogP contribution in [0.25, 0.3) is 0 Å². The van der Waals surface area contributed by atoms with E-state index in [4.69, 9.17) is 9.63 Å². The van der Waals surface area contributed by atoms with Gasteiger partial charge in [-0.25, -0.2) is 8.78 Å². The molecule has 0 aliphatic carbocycles. The zero-order chi connectivity index (χ0) is 15.4. The number of nitrogens with zero attached hydrogens (tertiary/aromatic N) is 2. The highest BCUT2D eigenvalue weighted by atomic mass is 19.1. The van der Waals surface area contributed by atoms with Crippen LogP contribution >= 0.6 is 0 Å². The van der Waals surface area contributed by atoms with Crippen molar-refractivity contribution in [3.8, 4) is 0 Å². The molecule has 21 heavy (non-hydrogen) atoms. The van der Waals surface area contributed by atoms with Crippen LogP contribution in [0.1, 0.15) is 30.6 Å². The Morgan fingerprint density at radius 3 is 2.62 bits per heavy atom. The topological polar surface area (TPSA) is 76.2 Å². The monoisotopic (exact) mass is 296 g/mol. The first kappa shape index (κ1) is 15.1. The zero-order valence-electron chi connectivity index (χ0n) is 11.3. The van der Waals surface area contributed by atoms with E-state index in [0.29, 0.717) is 23.7 Å². The van der Waals surface area contributed by atoms with Gasteiger partial charge in [0.1, 0.15) is 11.6 Å². The van der Waals surface area contributed by atoms with E-state index >= 15 is 0 Å². The Kier molecular flexibility index (Phi) is 4.62. The van der Waals surface area contributed by atoms with Crippen LogP contribution in [0.15, 0.2) is 22.7 Å². The second kappa shape index (κ2) is 6.43. The fraction of sp³-hybridized carbons (Fsp3) is 0.357. The van der Waals surface area contributed by atoms with Crippen LogP contribution in [0.2, 0.25) is 0 Å². The quantitative estimate of drug-likeness (QED) is 0.886. The van der Waals surface area contributed by atoms with E-state index in [1.165, 1.54) is 12.1 Å². The molecule has 0 saturated carbocycles. The Balaban J connectivity index is 2.01. The lowest BCUT2D eigenvalue weighted by atomic mass is 10.0. The number of hydrogen-bond acceptors (Lipinski definition) is 4. The Morgan fingerprint density at radius 1 is 1.33 bits per heavy atom. The van der Waals surface area contributed by atoms with E-state index < -0.39 is 17.6 Å². The summed E-state index contributed by atoms with van der Waals surface area (Å²) in [5, 5.41) is 12.4. The molecule has 1 aromatic heterocycles. The third-order valence-corrected chi connectivity index (χ3v) is 2.84. The van der Waals surface area contributed by atoms with Crippen molar-refractivity contribution in [1.29, 1.82) is 0 Å². The lowest BCUT2D eigenvalue weighted by Gasteiger charge is -2.03. The molecule has 0 aliphatic heterocycles. The van der Waals surface area contributed by atoms with Crippen LogP contribution in [0.3, 0.4) is 0 Å². The predicted molar refractivity (Wildman–Crippen MR) is 68.6 cm³/mol. The fourth-order valence-electron chi connectivity index (χ4n) is 2.01. The summed E-state index contributed by atoms with van der Waals surface area (Å²) in [5.41, 5.74) is 0.401. The van der Waals surface area contributed by atoms with Gasteiger partial charge in [0.15, 0.2) is 5.82 Å². The molecule has 112 valence electrons. The Morgan fingerprint density at radius 2 is 2.00 bits per heavy atom. The van der Waals surface area contributed by atoms with E-state index in [0.717, 1.165) is 6.07 Å². The molecule has 0 radical (unpaired) electrons. The van der Waals surface area contributed by atoms with Gasteiger partial charge >= 0.3 is 5.97 Å². The normalized spacial score (nSPS) is 12.3. The summed E-state index contributed by atoms with van der Waals surface area (Å²) in [5.74, 6) is -1.74. The number of carbonyl (C=O) groups is 1. The molecule has 0 aliphatic rings. The summed E-state index contributed by atoms with van der Waals surface area (Å²) >= 11 is 0. The molecule has 1 atom stereocenters. The minimum atomic E-state index is -0.891. The summed E-state index contributed by atoms with van der Waals surface area (Å²) in [6, 6.07) is 3.19. The van der Waals surface area contributed by atoms with Gasteiger partial charge < -0.3 is 9.63 Å². The number of carboxylic acid groups (broad SMARTS) is 1. The summed E-state index contributed by atoms with van der Waals surface area (Å²) < 4.78 is 31.1. The predicted octanol–water partition coefficient (Wildman–Crippen LogP) is 2.59. The van der Waals surface area contributed by atoms with Crippen LogP contribution in [-0.4, -0.2) is 21.2 Å². The van der Waals surface area contributed by atoms with E-state index in [9.17, 15) is 13.6 Å². The van der Waals surface area contributed by atoms with Gasteiger partial charge in [-0.2, -0.15) is 4.98 Å². The van der Waals surface area contributed by atoms with Crippen molar-refractivity contribution in [1.82, 2.24) is 10.1 Å². The Labute approximate surface area is 119 Å². The zero-order valence-corrected chi connectivity index (χ0v) is 11.3. The summed E-state index contributed by atoms with van der Waals surface area (Å²) in [6.07, 6.45) is 0.495. The number of hydrogen-bond donors (Lipinski definition) is 1. The second-order valence-electron chi connectivity index (χ2n) is 4.97. The van der Waals surface area contributed by atoms with Crippen LogP contribution in [0.4, 0.5) is 8.78 Å². The van der Waals surface area contributed by atoms with E-state index in [1.54, 1.807) is 6.92 Å². The Hall–Kier alpha value is -2.31. The molecule has 0 bridgehead atoms. The minimum absolute atomic E-state index is 0.00677. The molecule has 0 amide bonds. The third-order valence-electron chi connectivity index (χ3n) is 2.84. The van der Waals surface area contributed by atoms with E-state index in [-0.39, 0.29) is 18.8 Å². The Bertz CT molecular complexity index is 623. The lowest BCUT2D eigenvalue weighted by molar-refractivity contribution is -0.137. The number of halogens is 2. The van der Waals surface area contributed by atoms with Crippen molar-refractivity contribution in [2.45, 2.75) is 26.2 Å². The molecular formula is C14H14F2N2O3. The van der Waals surface area contributed by atoms with Crippen LogP contribution in [0, 0.1) is 17.6 Å². The smallest absolute Gasteiger partial charge is 0.303 e. The maximum Gasteiger partial charge on any atom is 0.303 e. The number of rotatable bonds is 6. The second-order valence-corrected chi connectivity index (χ2v) is 4.97. The third kappa shape index (κ3) is 4.62. The van der Waals surface area contributed by atoms with Gasteiger partial charge in [0.05, 0.1) is 0 Å². The number of aliphatic carboxylic acids is 1. The minimum Gasteiger partial charge on any atom is -0.481 e. The molecule has 1 unspecified atom stereocenters. The van der Waals surface area contributed by atoms with Gasteiger partial charge in [0, 0.05) is 25.3 Å². The summed E-state index contributed by atoms with van der Waals surface area (Å²) in [4.78, 5) is 14.7. The van der Waals surface area contributed by atoms with Crippen molar-refractivity contribution >= 4 is 5.97 Å². The van der Waals surface area contributed by atoms with Crippen LogP contribution in [0.5, 0.6) is 0 Å². The fourth-order valence-corrected chi connectivity index (χ4v) is 2.01. The standard InChI is InChI=1S/C14H14F2N2O3/c1-8(3-14(19)20)2-13-17-12(18-21-13)6-9-4-10(15)7-11(16)5-9/h4-5,7-8H,2-3,6H2,1H3,(H,19,20). The molecule has 5 nitrogen and oxygen atoms in total. The van der Waals surface area contributed by atoms with Gasteiger partial charge in [-0.3, -0.25) is 4.79 Å². The van der Waals surface area contributed by atoms with Crippen LogP contribution in [-0.2, 0) is 17.6 Å². The largest absolute Gasteiger partial charge is 0.481 e. The number of aromatic nitrogens is 2. The van der Waals surface area contributed by atoms with Gasteiger partial charge in [-0.1, -0.05) is 12.1 Å². The maximum absolute atomic E-state index is 13.1. The summed E-state index contributed by atoms with van der Waals surface area (Å²) in [6.45, 7) is 1.76. The number of carboxylic acids is 1. The molecule has 1 aromatic carbocycles.